The van der Waals surface area contributed by atoms with Gasteiger partial charge in [0.25, 0.3) is 0 Å². The van der Waals surface area contributed by atoms with Gasteiger partial charge in [0.05, 0.1) is 6.20 Å². The summed E-state index contributed by atoms with van der Waals surface area (Å²) < 4.78 is 1.83. The monoisotopic (exact) mass is 210 g/mol. The Hall–Kier alpha value is -0.870. The minimum atomic E-state index is 0.183. The number of hydrogen-bond donors (Lipinski definition) is 1. The van der Waals surface area contributed by atoms with Crippen molar-refractivity contribution in [1.29, 1.82) is 0 Å². The average molecular weight is 210 g/mol. The summed E-state index contributed by atoms with van der Waals surface area (Å²) in [5, 5.41) is 7.57. The Morgan fingerprint density at radius 2 is 2.13 bits per heavy atom. The maximum Gasteiger partial charge on any atom is 0.0534 e. The van der Waals surface area contributed by atoms with Crippen molar-refractivity contribution in [3.05, 3.63) is 18.0 Å². The highest BCUT2D eigenvalue weighted by Crippen LogP contribution is 2.08. The lowest BCUT2D eigenvalue weighted by Crippen LogP contribution is -2.46. The molecule has 0 fully saturated rings. The Balaban J connectivity index is 2.33. The molecule has 86 valence electrons. The summed E-state index contributed by atoms with van der Waals surface area (Å²) in [4.78, 5) is 2.23. The molecule has 1 aromatic heterocycles. The molecule has 4 nitrogen and oxygen atoms in total. The third kappa shape index (κ3) is 3.64. The van der Waals surface area contributed by atoms with Crippen molar-refractivity contribution in [2.45, 2.75) is 25.9 Å². The van der Waals surface area contributed by atoms with Gasteiger partial charge in [-0.2, -0.15) is 5.10 Å². The van der Waals surface area contributed by atoms with Crippen LogP contribution in [0.4, 0.5) is 0 Å². The van der Waals surface area contributed by atoms with Crippen LogP contribution in [0.2, 0.25) is 0 Å². The molecule has 0 spiro atoms. The van der Waals surface area contributed by atoms with E-state index in [0.717, 1.165) is 13.1 Å². The van der Waals surface area contributed by atoms with Crippen LogP contribution in [0.1, 0.15) is 19.4 Å². The average Bonchev–Trinajstić information content (AvgIpc) is 2.51. The third-order valence-electron chi connectivity index (χ3n) is 2.86. The van der Waals surface area contributed by atoms with Crippen LogP contribution < -0.4 is 5.32 Å². The van der Waals surface area contributed by atoms with E-state index in [-0.39, 0.29) is 5.54 Å². The van der Waals surface area contributed by atoms with Crippen molar-refractivity contribution >= 4 is 0 Å². The lowest BCUT2D eigenvalue weighted by atomic mass is 10.0. The number of aryl methyl sites for hydroxylation is 1. The van der Waals surface area contributed by atoms with Gasteiger partial charge in [-0.1, -0.05) is 0 Å². The first-order valence-corrected chi connectivity index (χ1v) is 5.27. The highest BCUT2D eigenvalue weighted by atomic mass is 15.2. The van der Waals surface area contributed by atoms with E-state index >= 15 is 0 Å². The zero-order chi connectivity index (χ0) is 11.5. The maximum atomic E-state index is 4.13. The SMILES string of the molecule is CN(C)C(C)(C)CNCc1cnn(C)c1. The van der Waals surface area contributed by atoms with Gasteiger partial charge in [0.1, 0.15) is 0 Å². The molecule has 1 heterocycles. The molecule has 4 heteroatoms. The molecule has 0 bridgehead atoms. The van der Waals surface area contributed by atoms with E-state index < -0.39 is 0 Å². The van der Waals surface area contributed by atoms with Gasteiger partial charge < -0.3 is 10.2 Å². The first-order valence-electron chi connectivity index (χ1n) is 5.27. The Morgan fingerprint density at radius 3 is 2.60 bits per heavy atom. The highest BCUT2D eigenvalue weighted by molar-refractivity contribution is 5.03. The summed E-state index contributed by atoms with van der Waals surface area (Å²) in [6.07, 6.45) is 3.94. The first kappa shape index (κ1) is 12.2. The van der Waals surface area contributed by atoms with E-state index in [1.54, 1.807) is 0 Å². The normalized spacial score (nSPS) is 12.4. The predicted molar refractivity (Wildman–Crippen MR) is 62.7 cm³/mol. The number of hydrogen-bond acceptors (Lipinski definition) is 3. The van der Waals surface area contributed by atoms with E-state index in [4.69, 9.17) is 0 Å². The number of aromatic nitrogens is 2. The summed E-state index contributed by atoms with van der Waals surface area (Å²) in [7, 11) is 6.14. The first-order chi connectivity index (χ1) is 6.92. The van der Waals surface area contributed by atoms with Crippen molar-refractivity contribution in [2.24, 2.45) is 7.05 Å². The molecule has 15 heavy (non-hydrogen) atoms. The molecule has 1 rings (SSSR count). The second-order valence-electron chi connectivity index (χ2n) is 4.83. The minimum Gasteiger partial charge on any atom is -0.311 e. The quantitative estimate of drug-likeness (QED) is 0.782. The Labute approximate surface area is 92.3 Å². The molecule has 0 aromatic carbocycles. The van der Waals surface area contributed by atoms with Gasteiger partial charge in [0.15, 0.2) is 0 Å². The molecule has 0 aliphatic rings. The van der Waals surface area contributed by atoms with E-state index in [9.17, 15) is 0 Å². The van der Waals surface area contributed by atoms with Crippen LogP contribution >= 0.6 is 0 Å². The van der Waals surface area contributed by atoms with E-state index in [0.29, 0.717) is 0 Å². The predicted octanol–water partition coefficient (Wildman–Crippen LogP) is 0.850. The Morgan fingerprint density at radius 1 is 1.47 bits per heavy atom. The molecular formula is C11H22N4. The molecule has 0 atom stereocenters. The number of nitrogens with one attached hydrogen (secondary N) is 1. The minimum absolute atomic E-state index is 0.183. The second-order valence-corrected chi connectivity index (χ2v) is 4.83. The lowest BCUT2D eigenvalue weighted by molar-refractivity contribution is 0.190. The standard InChI is InChI=1S/C11H22N4/c1-11(2,14(3)4)9-12-6-10-7-13-15(5)8-10/h7-8,12H,6,9H2,1-5H3. The Bertz CT molecular complexity index is 301. The van der Waals surface area contributed by atoms with E-state index in [2.05, 4.69) is 43.3 Å². The Kier molecular flexibility index (Phi) is 3.88. The topological polar surface area (TPSA) is 33.1 Å². The molecule has 0 aliphatic heterocycles. The fourth-order valence-electron chi connectivity index (χ4n) is 1.23. The molecule has 0 saturated heterocycles. The molecule has 1 aromatic rings. The molecule has 0 saturated carbocycles. The summed E-state index contributed by atoms with van der Waals surface area (Å²) in [6.45, 7) is 6.30. The van der Waals surface area contributed by atoms with E-state index in [1.165, 1.54) is 5.56 Å². The summed E-state index contributed by atoms with van der Waals surface area (Å²) in [6, 6.07) is 0. The molecule has 0 unspecified atom stereocenters. The van der Waals surface area contributed by atoms with Gasteiger partial charge in [0.2, 0.25) is 0 Å². The lowest BCUT2D eigenvalue weighted by Gasteiger charge is -2.32. The fourth-order valence-corrected chi connectivity index (χ4v) is 1.23. The van der Waals surface area contributed by atoms with Crippen LogP contribution in [0.5, 0.6) is 0 Å². The number of likely N-dealkylation sites (N-methyl/N-ethyl adjacent to an activating group) is 1. The zero-order valence-electron chi connectivity index (χ0n) is 10.4. The maximum absolute atomic E-state index is 4.13. The molecule has 0 aliphatic carbocycles. The fraction of sp³-hybridized carbons (Fsp3) is 0.727. The summed E-state index contributed by atoms with van der Waals surface area (Å²) in [5.74, 6) is 0. The molecule has 0 amide bonds. The smallest absolute Gasteiger partial charge is 0.0534 e. The number of rotatable bonds is 5. The number of nitrogens with zero attached hydrogens (tertiary/aromatic N) is 3. The van der Waals surface area contributed by atoms with Crippen molar-refractivity contribution in [2.75, 3.05) is 20.6 Å². The van der Waals surface area contributed by atoms with Crippen LogP contribution in [-0.4, -0.2) is 40.9 Å². The van der Waals surface area contributed by atoms with Crippen LogP contribution in [0.15, 0.2) is 12.4 Å². The van der Waals surface area contributed by atoms with Crippen LogP contribution in [0.25, 0.3) is 0 Å². The van der Waals surface area contributed by atoms with Gasteiger partial charge in [-0.3, -0.25) is 4.68 Å². The largest absolute Gasteiger partial charge is 0.311 e. The van der Waals surface area contributed by atoms with Gasteiger partial charge >= 0.3 is 0 Å². The molecule has 0 radical (unpaired) electrons. The van der Waals surface area contributed by atoms with Crippen LogP contribution in [-0.2, 0) is 13.6 Å². The van der Waals surface area contributed by atoms with Gasteiger partial charge in [-0.15, -0.1) is 0 Å². The summed E-state index contributed by atoms with van der Waals surface area (Å²) >= 11 is 0. The third-order valence-corrected chi connectivity index (χ3v) is 2.86. The van der Waals surface area contributed by atoms with Crippen molar-refractivity contribution in [3.8, 4) is 0 Å². The molecule has 1 N–H and O–H groups in total. The summed E-state index contributed by atoms with van der Waals surface area (Å²) in [5.41, 5.74) is 1.41. The zero-order valence-corrected chi connectivity index (χ0v) is 10.4. The van der Waals surface area contributed by atoms with Gasteiger partial charge in [-0.25, -0.2) is 0 Å². The van der Waals surface area contributed by atoms with Crippen molar-refractivity contribution < 1.29 is 0 Å². The van der Waals surface area contributed by atoms with E-state index in [1.807, 2.05) is 24.1 Å². The van der Waals surface area contributed by atoms with Crippen molar-refractivity contribution in [3.63, 3.8) is 0 Å². The van der Waals surface area contributed by atoms with Crippen LogP contribution in [0, 0.1) is 0 Å². The van der Waals surface area contributed by atoms with Gasteiger partial charge in [0, 0.05) is 37.4 Å². The second kappa shape index (κ2) is 4.77. The van der Waals surface area contributed by atoms with Gasteiger partial charge in [-0.05, 0) is 27.9 Å². The highest BCUT2D eigenvalue weighted by Gasteiger charge is 2.19. The van der Waals surface area contributed by atoms with Crippen LogP contribution in [0.3, 0.4) is 0 Å². The van der Waals surface area contributed by atoms with Crippen molar-refractivity contribution in [1.82, 2.24) is 20.0 Å². The molecular weight excluding hydrogens is 188 g/mol.